The molecule has 3 fully saturated rings. The molecule has 1 aromatic rings. The van der Waals surface area contributed by atoms with Crippen molar-refractivity contribution in [3.8, 4) is 0 Å². The van der Waals surface area contributed by atoms with Crippen LogP contribution in [0, 0.1) is 41.4 Å². The molecule has 4 aliphatic carbocycles. The van der Waals surface area contributed by atoms with Gasteiger partial charge in [0.25, 0.3) is 0 Å². The Labute approximate surface area is 144 Å². The molecule has 0 amide bonds. The molecule has 0 N–H and O–H groups in total. The predicted octanol–water partition coefficient (Wildman–Crippen LogP) is 4.54. The van der Waals surface area contributed by atoms with Gasteiger partial charge in [-0.1, -0.05) is 36.4 Å². The Balaban J connectivity index is 1.32. The maximum atomic E-state index is 6.52. The molecule has 4 bridgehead atoms. The topological polar surface area (TPSA) is 18.5 Å². The lowest BCUT2D eigenvalue weighted by Crippen LogP contribution is -2.41. The molecule has 2 nitrogen and oxygen atoms in total. The van der Waals surface area contributed by atoms with Crippen molar-refractivity contribution in [1.82, 2.24) is 0 Å². The number of allylic oxidation sites excluding steroid dienone is 2. The highest BCUT2D eigenvalue weighted by molar-refractivity contribution is 5.42. The van der Waals surface area contributed by atoms with Crippen LogP contribution in [-0.2, 0) is 9.47 Å². The molecule has 24 heavy (non-hydrogen) atoms. The molecule has 7 rings (SSSR count). The Morgan fingerprint density at radius 3 is 1.92 bits per heavy atom. The number of hydrogen-bond acceptors (Lipinski definition) is 2. The van der Waals surface area contributed by atoms with E-state index in [1.807, 2.05) is 0 Å². The summed E-state index contributed by atoms with van der Waals surface area (Å²) in [5.41, 5.74) is 2.93. The predicted molar refractivity (Wildman–Crippen MR) is 92.3 cm³/mol. The molecule has 0 aromatic heterocycles. The fraction of sp³-hybridized carbons (Fsp3) is 0.636. The van der Waals surface area contributed by atoms with Crippen LogP contribution in [0.4, 0.5) is 0 Å². The fourth-order valence-electron chi connectivity index (χ4n) is 6.61. The number of ether oxygens (including phenoxy) is 2. The lowest BCUT2D eigenvalue weighted by Gasteiger charge is -2.45. The van der Waals surface area contributed by atoms with E-state index >= 15 is 0 Å². The van der Waals surface area contributed by atoms with Crippen LogP contribution in [0.2, 0.25) is 0 Å². The molecule has 6 aliphatic rings. The van der Waals surface area contributed by atoms with E-state index in [0.717, 1.165) is 24.4 Å². The molecule has 1 aromatic carbocycles. The van der Waals surface area contributed by atoms with Gasteiger partial charge in [0.15, 0.2) is 0 Å². The van der Waals surface area contributed by atoms with Gasteiger partial charge in [-0.3, -0.25) is 0 Å². The van der Waals surface area contributed by atoms with Crippen molar-refractivity contribution in [3.63, 3.8) is 0 Å². The van der Waals surface area contributed by atoms with Crippen LogP contribution >= 0.6 is 0 Å². The Kier molecular flexibility index (Phi) is 2.55. The summed E-state index contributed by atoms with van der Waals surface area (Å²) in [4.78, 5) is 0. The van der Waals surface area contributed by atoms with E-state index in [1.165, 1.54) is 11.1 Å². The molecule has 126 valence electrons. The van der Waals surface area contributed by atoms with Gasteiger partial charge in [0.2, 0.25) is 0 Å². The Bertz CT molecular complexity index is 679. The van der Waals surface area contributed by atoms with E-state index < -0.39 is 0 Å². The highest BCUT2D eigenvalue weighted by Crippen LogP contribution is 2.75. The first kappa shape index (κ1) is 14.1. The normalized spacial score (nSPS) is 49.0. The SMILES string of the molecule is CC(C)(C)OCC1[C@@H]2[C@@H]3C=C[C@H]([C@H]12)[C@@H]1[C@H]3[C@@H]2O[C@H]1c1ccccc12. The van der Waals surface area contributed by atoms with Gasteiger partial charge >= 0.3 is 0 Å². The van der Waals surface area contributed by atoms with Crippen molar-refractivity contribution in [2.75, 3.05) is 6.61 Å². The third-order valence-electron chi connectivity index (χ3n) is 7.38. The third-order valence-corrected chi connectivity index (χ3v) is 7.38. The van der Waals surface area contributed by atoms with Crippen LogP contribution in [0.15, 0.2) is 36.4 Å². The summed E-state index contributed by atoms with van der Waals surface area (Å²) >= 11 is 0. The zero-order valence-electron chi connectivity index (χ0n) is 14.7. The van der Waals surface area contributed by atoms with Crippen LogP contribution < -0.4 is 0 Å². The smallest absolute Gasteiger partial charge is 0.0874 e. The second kappa shape index (κ2) is 4.34. The second-order valence-electron chi connectivity index (χ2n) is 9.54. The van der Waals surface area contributed by atoms with Crippen molar-refractivity contribution in [3.05, 3.63) is 47.5 Å². The fourth-order valence-corrected chi connectivity index (χ4v) is 6.61. The molecule has 9 atom stereocenters. The summed E-state index contributed by atoms with van der Waals surface area (Å²) in [7, 11) is 0. The van der Waals surface area contributed by atoms with Crippen molar-refractivity contribution < 1.29 is 9.47 Å². The van der Waals surface area contributed by atoms with E-state index in [0.29, 0.717) is 35.9 Å². The number of hydrogen-bond donors (Lipinski definition) is 0. The van der Waals surface area contributed by atoms with Crippen molar-refractivity contribution in [2.45, 2.75) is 38.6 Å². The largest absolute Gasteiger partial charge is 0.376 e. The molecular formula is C22H26O2. The highest BCUT2D eigenvalue weighted by Gasteiger charge is 2.71. The van der Waals surface area contributed by atoms with Gasteiger partial charge in [-0.2, -0.15) is 0 Å². The Hall–Kier alpha value is -1.12. The summed E-state index contributed by atoms with van der Waals surface area (Å²) in [5.74, 6) is 5.30. The number of benzene rings is 1. The summed E-state index contributed by atoms with van der Waals surface area (Å²) in [5, 5.41) is 0. The van der Waals surface area contributed by atoms with Crippen molar-refractivity contribution in [1.29, 1.82) is 0 Å². The van der Waals surface area contributed by atoms with Crippen molar-refractivity contribution >= 4 is 0 Å². The number of fused-ring (bicyclic) bond motifs is 5. The first-order valence-electron chi connectivity index (χ1n) is 9.61. The van der Waals surface area contributed by atoms with Gasteiger partial charge in [-0.05, 0) is 61.5 Å². The van der Waals surface area contributed by atoms with Crippen LogP contribution in [0.1, 0.15) is 44.1 Å². The average Bonchev–Trinajstić information content (AvgIpc) is 3.01. The quantitative estimate of drug-likeness (QED) is 0.744. The minimum Gasteiger partial charge on any atom is -0.376 e. The highest BCUT2D eigenvalue weighted by atomic mass is 16.5. The first-order chi connectivity index (χ1) is 11.5. The van der Waals surface area contributed by atoms with Gasteiger partial charge in [-0.25, -0.2) is 0 Å². The third kappa shape index (κ3) is 1.64. The maximum Gasteiger partial charge on any atom is 0.0874 e. The van der Waals surface area contributed by atoms with E-state index in [9.17, 15) is 0 Å². The van der Waals surface area contributed by atoms with E-state index in [2.05, 4.69) is 57.2 Å². The summed E-state index contributed by atoms with van der Waals surface area (Å²) < 4.78 is 12.7. The molecule has 1 saturated heterocycles. The first-order valence-corrected chi connectivity index (χ1v) is 9.61. The van der Waals surface area contributed by atoms with E-state index in [1.54, 1.807) is 0 Å². The molecule has 2 heterocycles. The molecule has 2 heteroatoms. The Morgan fingerprint density at radius 1 is 0.875 bits per heavy atom. The standard InChI is InChI=1S/C22H26O2/c1-22(2,3)23-10-15-16-13-8-9-14(17(15)16)19-18(13)20-11-6-4-5-7-12(11)21(19)24-20/h4-9,13-21H,10H2,1-3H3/t13-,14+,15?,16-,17+,18-,19+,20+,21-. The minimum atomic E-state index is -0.0214. The van der Waals surface area contributed by atoms with Crippen LogP contribution in [0.3, 0.4) is 0 Å². The van der Waals surface area contributed by atoms with Gasteiger partial charge in [0.05, 0.1) is 24.4 Å². The van der Waals surface area contributed by atoms with Crippen molar-refractivity contribution in [2.24, 2.45) is 41.4 Å². The lowest BCUT2D eigenvalue weighted by molar-refractivity contribution is -0.0135. The molecule has 1 unspecified atom stereocenters. The maximum absolute atomic E-state index is 6.52. The summed E-state index contributed by atoms with van der Waals surface area (Å²) in [6.45, 7) is 7.46. The minimum absolute atomic E-state index is 0.0214. The zero-order chi connectivity index (χ0) is 16.2. The van der Waals surface area contributed by atoms with Crippen LogP contribution in [0.5, 0.6) is 0 Å². The monoisotopic (exact) mass is 322 g/mol. The lowest BCUT2D eigenvalue weighted by atomic mass is 9.57. The molecule has 2 aliphatic heterocycles. The van der Waals surface area contributed by atoms with Gasteiger partial charge < -0.3 is 9.47 Å². The molecule has 2 saturated carbocycles. The van der Waals surface area contributed by atoms with E-state index in [-0.39, 0.29) is 5.60 Å². The van der Waals surface area contributed by atoms with Crippen LogP contribution in [0.25, 0.3) is 0 Å². The molecule has 0 spiro atoms. The zero-order valence-corrected chi connectivity index (χ0v) is 14.7. The number of rotatable bonds is 2. The van der Waals surface area contributed by atoms with Crippen LogP contribution in [-0.4, -0.2) is 12.2 Å². The summed E-state index contributed by atoms with van der Waals surface area (Å²) in [6, 6.07) is 8.95. The van der Waals surface area contributed by atoms with Gasteiger partial charge in [-0.15, -0.1) is 0 Å². The van der Waals surface area contributed by atoms with Gasteiger partial charge in [0.1, 0.15) is 0 Å². The van der Waals surface area contributed by atoms with E-state index in [4.69, 9.17) is 9.47 Å². The molecular weight excluding hydrogens is 296 g/mol. The summed E-state index contributed by atoms with van der Waals surface area (Å²) in [6.07, 6.45) is 5.77. The van der Waals surface area contributed by atoms with Gasteiger partial charge in [0, 0.05) is 11.8 Å². The molecule has 0 radical (unpaired) electrons. The average molecular weight is 322 g/mol. The Morgan fingerprint density at radius 2 is 1.42 bits per heavy atom. The second-order valence-corrected chi connectivity index (χ2v) is 9.54.